The zero-order chi connectivity index (χ0) is 12.3. The summed E-state index contributed by atoms with van der Waals surface area (Å²) >= 11 is 12.0. The van der Waals surface area contributed by atoms with Crippen molar-refractivity contribution in [2.24, 2.45) is 5.92 Å². The fourth-order valence-corrected chi connectivity index (χ4v) is 2.34. The number of pyridine rings is 1. The van der Waals surface area contributed by atoms with E-state index in [1.807, 2.05) is 0 Å². The average Bonchev–Trinajstić information content (AvgIpc) is 2.24. The van der Waals surface area contributed by atoms with Gasteiger partial charge < -0.3 is 10.1 Å². The first kappa shape index (κ1) is 12.8. The number of ether oxygens (including phenoxy) is 1. The lowest BCUT2D eigenvalue weighted by Crippen LogP contribution is -2.15. The van der Waals surface area contributed by atoms with Gasteiger partial charge in [-0.1, -0.05) is 42.5 Å². The van der Waals surface area contributed by atoms with Crippen LogP contribution in [0.2, 0.25) is 10.0 Å². The summed E-state index contributed by atoms with van der Waals surface area (Å²) in [5.41, 5.74) is 0. The molecule has 0 saturated heterocycles. The molecule has 3 nitrogen and oxygen atoms in total. The molecule has 1 aromatic heterocycles. The molecule has 0 spiro atoms. The molecule has 2 rings (SSSR count). The Bertz CT molecular complexity index is 394. The monoisotopic (exact) mass is 274 g/mol. The standard InChI is InChI=1S/C12H16Cl2N2O/c1-15-11-9(13)7-10(14)12(16-11)17-6-5-8-3-2-4-8/h7-8H,2-6H2,1H3,(H,15,16). The maximum absolute atomic E-state index is 6.02. The smallest absolute Gasteiger partial charge is 0.234 e. The van der Waals surface area contributed by atoms with Gasteiger partial charge in [-0.3, -0.25) is 0 Å². The van der Waals surface area contributed by atoms with Crippen molar-refractivity contribution in [1.29, 1.82) is 0 Å². The lowest BCUT2D eigenvalue weighted by atomic mass is 9.83. The zero-order valence-corrected chi connectivity index (χ0v) is 11.3. The van der Waals surface area contributed by atoms with E-state index in [1.54, 1.807) is 13.1 Å². The minimum Gasteiger partial charge on any atom is -0.477 e. The largest absolute Gasteiger partial charge is 0.477 e. The fraction of sp³-hybridized carbons (Fsp3) is 0.583. The second kappa shape index (κ2) is 5.78. The summed E-state index contributed by atoms with van der Waals surface area (Å²) in [5.74, 6) is 1.87. The Hall–Kier alpha value is -0.670. The van der Waals surface area contributed by atoms with E-state index in [0.29, 0.717) is 28.3 Å². The van der Waals surface area contributed by atoms with E-state index in [1.165, 1.54) is 19.3 Å². The molecule has 17 heavy (non-hydrogen) atoms. The van der Waals surface area contributed by atoms with Gasteiger partial charge in [0.25, 0.3) is 0 Å². The minimum absolute atomic E-state index is 0.458. The van der Waals surface area contributed by atoms with Crippen molar-refractivity contribution in [2.75, 3.05) is 19.0 Å². The highest BCUT2D eigenvalue weighted by molar-refractivity contribution is 6.36. The second-order valence-corrected chi connectivity index (χ2v) is 5.10. The van der Waals surface area contributed by atoms with Crippen molar-refractivity contribution in [1.82, 2.24) is 4.98 Å². The van der Waals surface area contributed by atoms with E-state index in [4.69, 9.17) is 27.9 Å². The van der Waals surface area contributed by atoms with Crippen LogP contribution in [0.4, 0.5) is 5.82 Å². The summed E-state index contributed by atoms with van der Waals surface area (Å²) in [7, 11) is 1.76. The summed E-state index contributed by atoms with van der Waals surface area (Å²) in [6, 6.07) is 1.65. The molecule has 0 aromatic carbocycles. The number of rotatable bonds is 5. The lowest BCUT2D eigenvalue weighted by Gasteiger charge is -2.24. The molecule has 1 fully saturated rings. The SMILES string of the molecule is CNc1nc(OCCC2CCC2)c(Cl)cc1Cl. The Morgan fingerprint density at radius 2 is 2.18 bits per heavy atom. The molecule has 94 valence electrons. The third kappa shape index (κ3) is 3.17. The van der Waals surface area contributed by atoms with Crippen LogP contribution in [0.25, 0.3) is 0 Å². The molecule has 0 bridgehead atoms. The third-order valence-corrected chi connectivity index (χ3v) is 3.68. The van der Waals surface area contributed by atoms with Gasteiger partial charge in [0.2, 0.25) is 5.88 Å². The van der Waals surface area contributed by atoms with Crippen LogP contribution in [0.3, 0.4) is 0 Å². The van der Waals surface area contributed by atoms with E-state index in [0.717, 1.165) is 12.3 Å². The van der Waals surface area contributed by atoms with Crippen LogP contribution >= 0.6 is 23.2 Å². The highest BCUT2D eigenvalue weighted by Crippen LogP contribution is 2.32. The van der Waals surface area contributed by atoms with Crippen molar-refractivity contribution in [3.05, 3.63) is 16.1 Å². The average molecular weight is 275 g/mol. The highest BCUT2D eigenvalue weighted by atomic mass is 35.5. The van der Waals surface area contributed by atoms with Crippen LogP contribution in [0.5, 0.6) is 5.88 Å². The van der Waals surface area contributed by atoms with E-state index >= 15 is 0 Å². The number of aromatic nitrogens is 1. The number of nitrogens with zero attached hydrogens (tertiary/aromatic N) is 1. The van der Waals surface area contributed by atoms with Gasteiger partial charge in [0.1, 0.15) is 10.8 Å². The van der Waals surface area contributed by atoms with Gasteiger partial charge in [0.15, 0.2) is 0 Å². The summed E-state index contributed by atoms with van der Waals surface area (Å²) < 4.78 is 5.60. The molecule has 0 unspecified atom stereocenters. The number of hydrogen-bond donors (Lipinski definition) is 1. The number of halogens is 2. The first-order valence-corrected chi connectivity index (χ1v) is 6.63. The van der Waals surface area contributed by atoms with E-state index < -0.39 is 0 Å². The Kier molecular flexibility index (Phi) is 4.35. The van der Waals surface area contributed by atoms with Gasteiger partial charge in [0.05, 0.1) is 11.6 Å². The molecule has 1 saturated carbocycles. The quantitative estimate of drug-likeness (QED) is 0.881. The Morgan fingerprint density at radius 3 is 2.76 bits per heavy atom. The molecule has 0 amide bonds. The molecule has 0 aliphatic heterocycles. The van der Waals surface area contributed by atoms with Crippen molar-refractivity contribution in [3.63, 3.8) is 0 Å². The fourth-order valence-electron chi connectivity index (χ4n) is 1.83. The van der Waals surface area contributed by atoms with Crippen LogP contribution < -0.4 is 10.1 Å². The summed E-state index contributed by atoms with van der Waals surface area (Å²) in [6.45, 7) is 0.669. The van der Waals surface area contributed by atoms with Crippen molar-refractivity contribution < 1.29 is 4.74 Å². The van der Waals surface area contributed by atoms with E-state index in [9.17, 15) is 0 Å². The molecule has 0 atom stereocenters. The molecule has 1 N–H and O–H groups in total. The van der Waals surface area contributed by atoms with Crippen LogP contribution in [0, 0.1) is 5.92 Å². The zero-order valence-electron chi connectivity index (χ0n) is 9.80. The van der Waals surface area contributed by atoms with Crippen molar-refractivity contribution in [2.45, 2.75) is 25.7 Å². The predicted octanol–water partition coefficient (Wildman–Crippen LogP) is 4.00. The van der Waals surface area contributed by atoms with Crippen LogP contribution in [-0.2, 0) is 0 Å². The number of hydrogen-bond acceptors (Lipinski definition) is 3. The minimum atomic E-state index is 0.458. The molecule has 5 heteroatoms. The third-order valence-electron chi connectivity index (χ3n) is 3.12. The van der Waals surface area contributed by atoms with Crippen molar-refractivity contribution >= 4 is 29.0 Å². The van der Waals surface area contributed by atoms with E-state index in [2.05, 4.69) is 10.3 Å². The topological polar surface area (TPSA) is 34.2 Å². The van der Waals surface area contributed by atoms with Crippen LogP contribution in [0.1, 0.15) is 25.7 Å². The summed E-state index contributed by atoms with van der Waals surface area (Å²) in [6.07, 6.45) is 5.09. The van der Waals surface area contributed by atoms with Gasteiger partial charge >= 0.3 is 0 Å². The van der Waals surface area contributed by atoms with Crippen LogP contribution in [0.15, 0.2) is 6.07 Å². The maximum Gasteiger partial charge on any atom is 0.234 e. The maximum atomic E-state index is 6.02. The summed E-state index contributed by atoms with van der Waals surface area (Å²) in [4.78, 5) is 4.23. The molecular weight excluding hydrogens is 259 g/mol. The molecule has 1 aliphatic rings. The number of nitrogens with one attached hydrogen (secondary N) is 1. The molecule has 1 aromatic rings. The van der Waals surface area contributed by atoms with Crippen LogP contribution in [-0.4, -0.2) is 18.6 Å². The summed E-state index contributed by atoms with van der Waals surface area (Å²) in [5, 5.41) is 3.87. The highest BCUT2D eigenvalue weighted by Gasteiger charge is 2.17. The molecule has 1 aliphatic carbocycles. The van der Waals surface area contributed by atoms with Gasteiger partial charge in [0, 0.05) is 7.05 Å². The van der Waals surface area contributed by atoms with Gasteiger partial charge in [-0.05, 0) is 18.4 Å². The molecule has 0 radical (unpaired) electrons. The first-order chi connectivity index (χ1) is 8.20. The normalized spacial score (nSPS) is 15.5. The van der Waals surface area contributed by atoms with Gasteiger partial charge in [-0.2, -0.15) is 4.98 Å². The molecular formula is C12H16Cl2N2O. The van der Waals surface area contributed by atoms with Gasteiger partial charge in [-0.15, -0.1) is 0 Å². The predicted molar refractivity (Wildman–Crippen MR) is 71.3 cm³/mol. The Labute approximate surface area is 111 Å². The first-order valence-electron chi connectivity index (χ1n) is 5.87. The Balaban J connectivity index is 1.94. The Morgan fingerprint density at radius 1 is 1.41 bits per heavy atom. The van der Waals surface area contributed by atoms with Crippen molar-refractivity contribution in [3.8, 4) is 5.88 Å². The number of anilines is 1. The van der Waals surface area contributed by atoms with E-state index in [-0.39, 0.29) is 0 Å². The lowest BCUT2D eigenvalue weighted by molar-refractivity contribution is 0.217. The molecule has 1 heterocycles. The van der Waals surface area contributed by atoms with Gasteiger partial charge in [-0.25, -0.2) is 0 Å². The second-order valence-electron chi connectivity index (χ2n) is 4.29.